The van der Waals surface area contributed by atoms with E-state index in [1.54, 1.807) is 6.20 Å². The lowest BCUT2D eigenvalue weighted by molar-refractivity contribution is 0.699. The summed E-state index contributed by atoms with van der Waals surface area (Å²) in [5.74, 6) is 2.88. The molecule has 0 fully saturated rings. The summed E-state index contributed by atoms with van der Waals surface area (Å²) < 4.78 is 0. The first-order valence-electron chi connectivity index (χ1n) is 4.53. The van der Waals surface area contributed by atoms with Gasteiger partial charge in [-0.05, 0) is 24.0 Å². The Morgan fingerprint density at radius 3 is 3.07 bits per heavy atom. The molecule has 0 spiro atoms. The van der Waals surface area contributed by atoms with Gasteiger partial charge in [-0.2, -0.15) is 16.7 Å². The second-order valence-electron chi connectivity index (χ2n) is 3.24. The first-order chi connectivity index (χ1) is 6.72. The third-order valence-corrected chi connectivity index (χ3v) is 2.66. The molecule has 1 unspecified atom stereocenters. The van der Waals surface area contributed by atoms with E-state index in [1.807, 2.05) is 17.8 Å². The van der Waals surface area contributed by atoms with E-state index in [0.29, 0.717) is 11.9 Å². The van der Waals surface area contributed by atoms with E-state index in [1.165, 1.54) is 0 Å². The molecule has 0 amide bonds. The van der Waals surface area contributed by atoms with Crippen molar-refractivity contribution < 1.29 is 0 Å². The van der Waals surface area contributed by atoms with Crippen molar-refractivity contribution in [3.63, 3.8) is 0 Å². The number of anilines is 2. The monoisotopic (exact) mass is 212 g/mol. The van der Waals surface area contributed by atoms with Crippen molar-refractivity contribution >= 4 is 23.5 Å². The Hall–Kier alpha value is -0.970. The predicted molar refractivity (Wildman–Crippen MR) is 62.5 cm³/mol. The number of nitrogens with zero attached hydrogens (tertiary/aromatic N) is 2. The first kappa shape index (κ1) is 11.1. The molecule has 0 bridgehead atoms. The van der Waals surface area contributed by atoms with Gasteiger partial charge < -0.3 is 11.1 Å². The molecule has 3 N–H and O–H groups in total. The third kappa shape index (κ3) is 3.83. The zero-order valence-corrected chi connectivity index (χ0v) is 9.34. The van der Waals surface area contributed by atoms with Gasteiger partial charge in [0.2, 0.25) is 5.95 Å². The minimum absolute atomic E-state index is 0.313. The second-order valence-corrected chi connectivity index (χ2v) is 4.15. The molecule has 0 aliphatic rings. The first-order valence-corrected chi connectivity index (χ1v) is 5.93. The summed E-state index contributed by atoms with van der Waals surface area (Å²) in [7, 11) is 0. The maximum atomic E-state index is 5.46. The predicted octanol–water partition coefficient (Wildman–Crippen LogP) is 1.47. The molecule has 0 radical (unpaired) electrons. The van der Waals surface area contributed by atoms with Crippen LogP contribution in [0.2, 0.25) is 0 Å². The molecule has 14 heavy (non-hydrogen) atoms. The quantitative estimate of drug-likeness (QED) is 0.774. The van der Waals surface area contributed by atoms with E-state index >= 15 is 0 Å². The third-order valence-electron chi connectivity index (χ3n) is 1.76. The van der Waals surface area contributed by atoms with Crippen molar-refractivity contribution in [2.24, 2.45) is 5.92 Å². The summed E-state index contributed by atoms with van der Waals surface area (Å²) in [4.78, 5) is 7.88. The van der Waals surface area contributed by atoms with Crippen molar-refractivity contribution in [2.45, 2.75) is 6.92 Å². The average molecular weight is 212 g/mol. The summed E-state index contributed by atoms with van der Waals surface area (Å²) in [5, 5.41) is 3.23. The Bertz CT molecular complexity index is 279. The van der Waals surface area contributed by atoms with Crippen LogP contribution >= 0.6 is 11.8 Å². The van der Waals surface area contributed by atoms with E-state index in [4.69, 9.17) is 5.73 Å². The molecule has 1 rings (SSSR count). The lowest BCUT2D eigenvalue weighted by atomic mass is 10.2. The summed E-state index contributed by atoms with van der Waals surface area (Å²) in [5.41, 5.74) is 5.46. The molecule has 1 heterocycles. The number of aromatic nitrogens is 2. The largest absolute Gasteiger partial charge is 0.370 e. The molecule has 5 heteroatoms. The fourth-order valence-corrected chi connectivity index (χ4v) is 1.78. The number of nitrogen functional groups attached to an aromatic ring is 1. The second kappa shape index (κ2) is 5.70. The normalized spacial score (nSPS) is 12.4. The molecule has 0 aliphatic carbocycles. The number of nitrogens with two attached hydrogens (primary N) is 1. The van der Waals surface area contributed by atoms with E-state index in [-0.39, 0.29) is 0 Å². The van der Waals surface area contributed by atoms with Crippen LogP contribution in [-0.2, 0) is 0 Å². The molecule has 4 nitrogen and oxygen atoms in total. The van der Waals surface area contributed by atoms with Crippen molar-refractivity contribution in [3.05, 3.63) is 12.3 Å². The van der Waals surface area contributed by atoms with Crippen LogP contribution in [0.25, 0.3) is 0 Å². The molecule has 1 atom stereocenters. The maximum Gasteiger partial charge on any atom is 0.221 e. The SMILES string of the molecule is CSCC(C)CNc1ccnc(N)n1. The van der Waals surface area contributed by atoms with E-state index in [9.17, 15) is 0 Å². The van der Waals surface area contributed by atoms with Gasteiger partial charge in [-0.15, -0.1) is 0 Å². The smallest absolute Gasteiger partial charge is 0.221 e. The van der Waals surface area contributed by atoms with Crippen molar-refractivity contribution in [1.29, 1.82) is 0 Å². The van der Waals surface area contributed by atoms with E-state index in [2.05, 4.69) is 28.5 Å². The topological polar surface area (TPSA) is 63.8 Å². The zero-order chi connectivity index (χ0) is 10.4. The zero-order valence-electron chi connectivity index (χ0n) is 8.53. The minimum atomic E-state index is 0.313. The van der Waals surface area contributed by atoms with Crippen LogP contribution in [0.1, 0.15) is 6.92 Å². The van der Waals surface area contributed by atoms with Gasteiger partial charge in [0.15, 0.2) is 0 Å². The number of hydrogen-bond acceptors (Lipinski definition) is 5. The van der Waals surface area contributed by atoms with Gasteiger partial charge in [-0.1, -0.05) is 6.92 Å². The van der Waals surface area contributed by atoms with Gasteiger partial charge >= 0.3 is 0 Å². The van der Waals surface area contributed by atoms with Gasteiger partial charge in [-0.25, -0.2) is 4.98 Å². The summed E-state index contributed by atoms with van der Waals surface area (Å²) >= 11 is 1.85. The highest BCUT2D eigenvalue weighted by molar-refractivity contribution is 7.98. The number of hydrogen-bond donors (Lipinski definition) is 2. The highest BCUT2D eigenvalue weighted by Crippen LogP contribution is 2.07. The van der Waals surface area contributed by atoms with Crippen LogP contribution in [0.4, 0.5) is 11.8 Å². The van der Waals surface area contributed by atoms with Crippen molar-refractivity contribution in [3.8, 4) is 0 Å². The Kier molecular flexibility index (Phi) is 4.52. The molecular formula is C9H16N4S. The van der Waals surface area contributed by atoms with Crippen molar-refractivity contribution in [2.75, 3.05) is 29.6 Å². The van der Waals surface area contributed by atoms with Crippen LogP contribution in [-0.4, -0.2) is 28.5 Å². The fraction of sp³-hybridized carbons (Fsp3) is 0.556. The van der Waals surface area contributed by atoms with Crippen LogP contribution in [0.3, 0.4) is 0 Å². The maximum absolute atomic E-state index is 5.46. The molecule has 1 aromatic rings. The lowest BCUT2D eigenvalue weighted by Gasteiger charge is -2.11. The lowest BCUT2D eigenvalue weighted by Crippen LogP contribution is -2.14. The number of nitrogens with one attached hydrogen (secondary N) is 1. The Morgan fingerprint density at radius 1 is 1.64 bits per heavy atom. The van der Waals surface area contributed by atoms with Gasteiger partial charge in [0.25, 0.3) is 0 Å². The fourth-order valence-electron chi connectivity index (χ4n) is 1.09. The van der Waals surface area contributed by atoms with Crippen LogP contribution in [0.15, 0.2) is 12.3 Å². The average Bonchev–Trinajstić information content (AvgIpc) is 2.15. The summed E-state index contributed by atoms with van der Waals surface area (Å²) in [6.45, 7) is 3.12. The highest BCUT2D eigenvalue weighted by Gasteiger charge is 2.01. The van der Waals surface area contributed by atoms with Gasteiger partial charge in [0, 0.05) is 12.7 Å². The molecule has 1 aromatic heterocycles. The molecule has 0 saturated heterocycles. The molecule has 0 aromatic carbocycles. The number of rotatable bonds is 5. The van der Waals surface area contributed by atoms with Crippen molar-refractivity contribution in [1.82, 2.24) is 9.97 Å². The van der Waals surface area contributed by atoms with E-state index < -0.39 is 0 Å². The minimum Gasteiger partial charge on any atom is -0.370 e. The summed E-state index contributed by atoms with van der Waals surface area (Å²) in [6.07, 6.45) is 3.77. The highest BCUT2D eigenvalue weighted by atomic mass is 32.2. The number of thioether (sulfide) groups is 1. The van der Waals surface area contributed by atoms with Gasteiger partial charge in [0.05, 0.1) is 0 Å². The standard InChI is InChI=1S/C9H16N4S/c1-7(6-14-2)5-12-8-3-4-11-9(10)13-8/h3-4,7H,5-6H2,1-2H3,(H3,10,11,12,13). The Balaban J connectivity index is 2.37. The van der Waals surface area contributed by atoms with E-state index in [0.717, 1.165) is 18.1 Å². The molecular weight excluding hydrogens is 196 g/mol. The van der Waals surface area contributed by atoms with Gasteiger partial charge in [-0.3, -0.25) is 0 Å². The molecule has 78 valence electrons. The van der Waals surface area contributed by atoms with Crippen LogP contribution in [0.5, 0.6) is 0 Å². The Labute approximate surface area is 88.7 Å². The summed E-state index contributed by atoms with van der Waals surface area (Å²) in [6, 6.07) is 1.82. The molecule has 0 aliphatic heterocycles. The Morgan fingerprint density at radius 2 is 2.43 bits per heavy atom. The van der Waals surface area contributed by atoms with Crippen LogP contribution < -0.4 is 11.1 Å². The van der Waals surface area contributed by atoms with Crippen LogP contribution in [0, 0.1) is 5.92 Å². The van der Waals surface area contributed by atoms with Gasteiger partial charge in [0.1, 0.15) is 5.82 Å². The molecule has 0 saturated carbocycles.